The zero-order valence-corrected chi connectivity index (χ0v) is 10.2. The highest BCUT2D eigenvalue weighted by atomic mass is 35.5. The first-order valence-corrected chi connectivity index (χ1v) is 6.64. The van der Waals surface area contributed by atoms with Crippen LogP contribution < -0.4 is 0 Å². The molecule has 0 spiro atoms. The molecule has 0 aliphatic carbocycles. The lowest BCUT2D eigenvalue weighted by atomic mass is 10.3. The van der Waals surface area contributed by atoms with Gasteiger partial charge < -0.3 is 0 Å². The summed E-state index contributed by atoms with van der Waals surface area (Å²) in [6.07, 6.45) is 4.12. The second-order valence-corrected chi connectivity index (χ2v) is 4.81. The third-order valence-electron chi connectivity index (χ3n) is 1.73. The molecule has 0 saturated carbocycles. The standard InChI is InChI=1S/C10H13Cl2NS/c11-5-1-2-6-14-8-9-3-4-10(12)13-7-9/h3-4,7H,1-2,5-6,8H2. The number of nitrogens with zero attached hydrogens (tertiary/aromatic N) is 1. The van der Waals surface area contributed by atoms with E-state index in [1.807, 2.05) is 30.1 Å². The van der Waals surface area contributed by atoms with Crippen LogP contribution in [0.3, 0.4) is 0 Å². The lowest BCUT2D eigenvalue weighted by Gasteiger charge is -2.00. The lowest BCUT2D eigenvalue weighted by Crippen LogP contribution is -1.86. The number of hydrogen-bond acceptors (Lipinski definition) is 2. The minimum Gasteiger partial charge on any atom is -0.244 e. The van der Waals surface area contributed by atoms with Crippen molar-refractivity contribution in [3.63, 3.8) is 0 Å². The average molecular weight is 250 g/mol. The van der Waals surface area contributed by atoms with Gasteiger partial charge in [0.15, 0.2) is 0 Å². The van der Waals surface area contributed by atoms with Gasteiger partial charge in [0.25, 0.3) is 0 Å². The maximum atomic E-state index is 5.68. The highest BCUT2D eigenvalue weighted by Gasteiger charge is 1.94. The Bertz CT molecular complexity index is 251. The molecule has 0 fully saturated rings. The number of alkyl halides is 1. The molecule has 0 radical (unpaired) electrons. The molecule has 1 aromatic heterocycles. The van der Waals surface area contributed by atoms with Gasteiger partial charge in [-0.1, -0.05) is 17.7 Å². The van der Waals surface area contributed by atoms with Crippen molar-refractivity contribution in [2.24, 2.45) is 0 Å². The fourth-order valence-electron chi connectivity index (χ4n) is 0.980. The molecule has 0 atom stereocenters. The highest BCUT2D eigenvalue weighted by molar-refractivity contribution is 7.98. The van der Waals surface area contributed by atoms with Crippen LogP contribution in [0.5, 0.6) is 0 Å². The average Bonchev–Trinajstić information content (AvgIpc) is 2.21. The van der Waals surface area contributed by atoms with Crippen LogP contribution in [0, 0.1) is 0 Å². The minimum atomic E-state index is 0.556. The van der Waals surface area contributed by atoms with E-state index in [0.717, 1.165) is 23.8 Å². The van der Waals surface area contributed by atoms with Gasteiger partial charge in [0.2, 0.25) is 0 Å². The predicted molar refractivity (Wildman–Crippen MR) is 65.4 cm³/mol. The van der Waals surface area contributed by atoms with Gasteiger partial charge in [-0.05, 0) is 30.2 Å². The molecule has 0 N–H and O–H groups in total. The van der Waals surface area contributed by atoms with Crippen molar-refractivity contribution in [1.82, 2.24) is 4.98 Å². The normalized spacial score (nSPS) is 10.4. The van der Waals surface area contributed by atoms with Crippen molar-refractivity contribution in [3.8, 4) is 0 Å². The molecule has 1 heterocycles. The van der Waals surface area contributed by atoms with E-state index in [1.165, 1.54) is 12.0 Å². The Hall–Kier alpha value is 0.0800. The number of aromatic nitrogens is 1. The fraction of sp³-hybridized carbons (Fsp3) is 0.500. The van der Waals surface area contributed by atoms with E-state index < -0.39 is 0 Å². The van der Waals surface area contributed by atoms with Crippen LogP contribution in [0.15, 0.2) is 18.3 Å². The van der Waals surface area contributed by atoms with Crippen molar-refractivity contribution in [2.75, 3.05) is 11.6 Å². The first kappa shape index (κ1) is 12.2. The summed E-state index contributed by atoms with van der Waals surface area (Å²) in [5, 5.41) is 0.556. The number of thioether (sulfide) groups is 1. The van der Waals surface area contributed by atoms with Gasteiger partial charge in [0.1, 0.15) is 5.15 Å². The molecule has 0 bridgehead atoms. The van der Waals surface area contributed by atoms with Crippen molar-refractivity contribution < 1.29 is 0 Å². The van der Waals surface area contributed by atoms with E-state index in [-0.39, 0.29) is 0 Å². The van der Waals surface area contributed by atoms with Crippen LogP contribution in [0.25, 0.3) is 0 Å². The van der Waals surface area contributed by atoms with Gasteiger partial charge in [-0.25, -0.2) is 4.98 Å². The molecule has 14 heavy (non-hydrogen) atoms. The molecular weight excluding hydrogens is 237 g/mol. The van der Waals surface area contributed by atoms with Crippen LogP contribution in [0.2, 0.25) is 5.15 Å². The molecule has 0 aliphatic rings. The summed E-state index contributed by atoms with van der Waals surface area (Å²) in [6.45, 7) is 0. The third kappa shape index (κ3) is 5.08. The first-order chi connectivity index (χ1) is 6.83. The lowest BCUT2D eigenvalue weighted by molar-refractivity contribution is 0.902. The Morgan fingerprint density at radius 2 is 2.14 bits per heavy atom. The largest absolute Gasteiger partial charge is 0.244 e. The van der Waals surface area contributed by atoms with Crippen molar-refractivity contribution in [2.45, 2.75) is 18.6 Å². The topological polar surface area (TPSA) is 12.9 Å². The van der Waals surface area contributed by atoms with Gasteiger partial charge >= 0.3 is 0 Å². The second-order valence-electron chi connectivity index (χ2n) is 2.94. The molecule has 4 heteroatoms. The SMILES string of the molecule is ClCCCCSCc1ccc(Cl)nc1. The van der Waals surface area contributed by atoms with Gasteiger partial charge in [-0.3, -0.25) is 0 Å². The monoisotopic (exact) mass is 249 g/mol. The summed E-state index contributed by atoms with van der Waals surface area (Å²) in [4.78, 5) is 4.03. The summed E-state index contributed by atoms with van der Waals surface area (Å²) < 4.78 is 0. The molecule has 1 aromatic rings. The van der Waals surface area contributed by atoms with Crippen molar-refractivity contribution in [1.29, 1.82) is 0 Å². The molecule has 0 aliphatic heterocycles. The van der Waals surface area contributed by atoms with Crippen LogP contribution >= 0.6 is 35.0 Å². The molecule has 0 aromatic carbocycles. The van der Waals surface area contributed by atoms with Crippen LogP contribution in [-0.4, -0.2) is 16.6 Å². The van der Waals surface area contributed by atoms with Crippen molar-refractivity contribution in [3.05, 3.63) is 29.0 Å². The van der Waals surface area contributed by atoms with Gasteiger partial charge in [0, 0.05) is 17.8 Å². The summed E-state index contributed by atoms with van der Waals surface area (Å²) in [5.74, 6) is 2.94. The number of hydrogen-bond donors (Lipinski definition) is 0. The molecule has 78 valence electrons. The Balaban J connectivity index is 2.15. The number of pyridine rings is 1. The van der Waals surface area contributed by atoms with Crippen LogP contribution in [0.4, 0.5) is 0 Å². The molecule has 0 amide bonds. The first-order valence-electron chi connectivity index (χ1n) is 4.57. The summed E-state index contributed by atoms with van der Waals surface area (Å²) in [7, 11) is 0. The number of rotatable bonds is 6. The number of halogens is 2. The molecular formula is C10H13Cl2NS. The second kappa shape index (κ2) is 7.38. The zero-order valence-electron chi connectivity index (χ0n) is 7.88. The van der Waals surface area contributed by atoms with Gasteiger partial charge in [-0.15, -0.1) is 11.6 Å². The zero-order chi connectivity index (χ0) is 10.2. The van der Waals surface area contributed by atoms with E-state index >= 15 is 0 Å². The molecule has 0 unspecified atom stereocenters. The summed E-state index contributed by atoms with van der Waals surface area (Å²) in [5.41, 5.74) is 1.23. The fourth-order valence-corrected chi connectivity index (χ4v) is 2.24. The van der Waals surface area contributed by atoms with Gasteiger partial charge in [-0.2, -0.15) is 11.8 Å². The van der Waals surface area contributed by atoms with Gasteiger partial charge in [0.05, 0.1) is 0 Å². The Labute approximate surface area is 99.2 Å². The predicted octanol–water partition coefficient (Wildman–Crippen LogP) is 3.99. The van der Waals surface area contributed by atoms with E-state index in [2.05, 4.69) is 4.98 Å². The molecule has 1 rings (SSSR count). The molecule has 0 saturated heterocycles. The van der Waals surface area contributed by atoms with E-state index in [9.17, 15) is 0 Å². The summed E-state index contributed by atoms with van der Waals surface area (Å²) in [6, 6.07) is 3.85. The minimum absolute atomic E-state index is 0.556. The Morgan fingerprint density at radius 3 is 2.79 bits per heavy atom. The van der Waals surface area contributed by atoms with E-state index in [0.29, 0.717) is 5.15 Å². The third-order valence-corrected chi connectivity index (χ3v) is 3.34. The Kier molecular flexibility index (Phi) is 6.41. The van der Waals surface area contributed by atoms with Crippen LogP contribution in [0.1, 0.15) is 18.4 Å². The van der Waals surface area contributed by atoms with Crippen molar-refractivity contribution >= 4 is 35.0 Å². The van der Waals surface area contributed by atoms with E-state index in [1.54, 1.807) is 0 Å². The maximum Gasteiger partial charge on any atom is 0.129 e. The quantitative estimate of drug-likeness (QED) is 0.430. The highest BCUT2D eigenvalue weighted by Crippen LogP contribution is 2.14. The molecule has 1 nitrogen and oxygen atoms in total. The Morgan fingerprint density at radius 1 is 1.29 bits per heavy atom. The maximum absolute atomic E-state index is 5.68. The van der Waals surface area contributed by atoms with E-state index in [4.69, 9.17) is 23.2 Å². The summed E-state index contributed by atoms with van der Waals surface area (Å²) >= 11 is 13.2. The van der Waals surface area contributed by atoms with Crippen LogP contribution in [-0.2, 0) is 5.75 Å². The number of unbranched alkanes of at least 4 members (excludes halogenated alkanes) is 1. The smallest absolute Gasteiger partial charge is 0.129 e.